The second-order valence-corrected chi connectivity index (χ2v) is 8.24. The Hall–Kier alpha value is -3.12. The average molecular weight is 437 g/mol. The van der Waals surface area contributed by atoms with Gasteiger partial charge in [0.05, 0.1) is 19.3 Å². The van der Waals surface area contributed by atoms with Crippen molar-refractivity contribution in [1.82, 2.24) is 20.1 Å². The first-order valence-electron chi connectivity index (χ1n) is 10.4. The fourth-order valence-electron chi connectivity index (χ4n) is 3.07. The molecule has 0 radical (unpaired) electrons. The molecular weight excluding hydrogens is 412 g/mol. The number of aromatic nitrogens is 3. The van der Waals surface area contributed by atoms with Crippen LogP contribution in [0.2, 0.25) is 5.02 Å². The molecule has 1 N–H and O–H groups in total. The first-order chi connectivity index (χ1) is 15.1. The summed E-state index contributed by atoms with van der Waals surface area (Å²) in [6.07, 6.45) is 13.3. The molecule has 0 saturated heterocycles. The Morgan fingerprint density at radius 3 is 2.87 bits per heavy atom. The molecule has 6 nitrogen and oxygen atoms in total. The van der Waals surface area contributed by atoms with E-state index in [4.69, 9.17) is 16.3 Å². The number of carbonyl (C=O) groups excluding carboxylic acids is 1. The lowest BCUT2D eigenvalue weighted by Gasteiger charge is -2.09. The molecule has 1 saturated carbocycles. The summed E-state index contributed by atoms with van der Waals surface area (Å²) in [6.45, 7) is 3.27. The fraction of sp³-hybridized carbons (Fsp3) is 0.292. The second kappa shape index (κ2) is 9.79. The minimum absolute atomic E-state index is 0.123. The number of rotatable bonds is 9. The van der Waals surface area contributed by atoms with Gasteiger partial charge in [0.25, 0.3) is 5.91 Å². The van der Waals surface area contributed by atoms with Crippen molar-refractivity contribution < 1.29 is 9.53 Å². The predicted molar refractivity (Wildman–Crippen MR) is 121 cm³/mol. The molecule has 4 rings (SSSR count). The van der Waals surface area contributed by atoms with Gasteiger partial charge in [-0.3, -0.25) is 14.5 Å². The first-order valence-corrected chi connectivity index (χ1v) is 10.8. The third-order valence-corrected chi connectivity index (χ3v) is 5.42. The van der Waals surface area contributed by atoms with Gasteiger partial charge < -0.3 is 10.1 Å². The second-order valence-electron chi connectivity index (χ2n) is 7.84. The van der Waals surface area contributed by atoms with Crippen LogP contribution in [0, 0.1) is 5.92 Å². The highest BCUT2D eigenvalue weighted by Crippen LogP contribution is 2.30. The van der Waals surface area contributed by atoms with E-state index in [-0.39, 0.29) is 11.9 Å². The van der Waals surface area contributed by atoms with Gasteiger partial charge in [-0.2, -0.15) is 5.10 Å². The van der Waals surface area contributed by atoms with Gasteiger partial charge in [-0.1, -0.05) is 29.8 Å². The van der Waals surface area contributed by atoms with Crippen LogP contribution in [0.4, 0.5) is 0 Å². The molecule has 0 bridgehead atoms. The van der Waals surface area contributed by atoms with Crippen LogP contribution in [0.25, 0.3) is 6.08 Å². The summed E-state index contributed by atoms with van der Waals surface area (Å²) in [5.41, 5.74) is 2.52. The number of ether oxygens (including phenoxy) is 1. The van der Waals surface area contributed by atoms with Crippen LogP contribution >= 0.6 is 11.6 Å². The average Bonchev–Trinajstić information content (AvgIpc) is 3.50. The largest absolute Gasteiger partial charge is 0.493 e. The molecule has 1 amide bonds. The van der Waals surface area contributed by atoms with E-state index in [0.29, 0.717) is 23.0 Å². The summed E-state index contributed by atoms with van der Waals surface area (Å²) in [5.74, 6) is 1.39. The van der Waals surface area contributed by atoms with Crippen LogP contribution in [0.3, 0.4) is 0 Å². The maximum Gasteiger partial charge on any atom is 0.251 e. The van der Waals surface area contributed by atoms with Crippen molar-refractivity contribution in [3.05, 3.63) is 82.9 Å². The monoisotopic (exact) mass is 436 g/mol. The van der Waals surface area contributed by atoms with Crippen molar-refractivity contribution in [1.29, 1.82) is 0 Å². The quantitative estimate of drug-likeness (QED) is 0.532. The van der Waals surface area contributed by atoms with Crippen LogP contribution in [-0.4, -0.2) is 33.3 Å². The third-order valence-electron chi connectivity index (χ3n) is 5.07. The number of hydrogen-bond donors (Lipinski definition) is 1. The van der Waals surface area contributed by atoms with Crippen molar-refractivity contribution >= 4 is 23.6 Å². The van der Waals surface area contributed by atoms with E-state index in [9.17, 15) is 4.79 Å². The Labute approximate surface area is 186 Å². The van der Waals surface area contributed by atoms with Gasteiger partial charge in [0.2, 0.25) is 0 Å². The fourth-order valence-corrected chi connectivity index (χ4v) is 3.30. The number of hydrogen-bond acceptors (Lipinski definition) is 4. The van der Waals surface area contributed by atoms with E-state index >= 15 is 0 Å². The molecule has 3 aromatic rings. The molecule has 0 aliphatic heterocycles. The Morgan fingerprint density at radius 1 is 1.32 bits per heavy atom. The summed E-state index contributed by atoms with van der Waals surface area (Å²) < 4.78 is 7.62. The maximum atomic E-state index is 12.2. The van der Waals surface area contributed by atoms with Crippen molar-refractivity contribution in [3.63, 3.8) is 0 Å². The summed E-state index contributed by atoms with van der Waals surface area (Å²) in [4.78, 5) is 16.1. The van der Waals surface area contributed by atoms with E-state index < -0.39 is 0 Å². The molecule has 0 spiro atoms. The van der Waals surface area contributed by atoms with Gasteiger partial charge in [0.15, 0.2) is 0 Å². The number of halogens is 1. The summed E-state index contributed by atoms with van der Waals surface area (Å²) in [7, 11) is 0. The molecule has 31 heavy (non-hydrogen) atoms. The van der Waals surface area contributed by atoms with E-state index in [2.05, 4.69) is 15.4 Å². The smallest absolute Gasteiger partial charge is 0.251 e. The van der Waals surface area contributed by atoms with Crippen LogP contribution in [-0.2, 0) is 6.54 Å². The third kappa shape index (κ3) is 6.18. The maximum absolute atomic E-state index is 12.2. The molecular formula is C24H25ClN4O2. The Bertz CT molecular complexity index is 1060. The molecule has 1 aliphatic rings. The summed E-state index contributed by atoms with van der Waals surface area (Å²) in [5, 5.41) is 8.02. The van der Waals surface area contributed by atoms with Gasteiger partial charge >= 0.3 is 0 Å². The summed E-state index contributed by atoms with van der Waals surface area (Å²) in [6, 6.07) is 9.07. The van der Waals surface area contributed by atoms with Gasteiger partial charge in [0.1, 0.15) is 5.75 Å². The van der Waals surface area contributed by atoms with Gasteiger partial charge in [-0.25, -0.2) is 0 Å². The predicted octanol–water partition coefficient (Wildman–Crippen LogP) is 4.60. The van der Waals surface area contributed by atoms with Gasteiger partial charge in [-0.05, 0) is 55.5 Å². The lowest BCUT2D eigenvalue weighted by Crippen LogP contribution is -2.30. The van der Waals surface area contributed by atoms with Gasteiger partial charge in [0, 0.05) is 40.8 Å². The highest BCUT2D eigenvalue weighted by molar-refractivity contribution is 6.31. The van der Waals surface area contributed by atoms with Crippen molar-refractivity contribution in [2.24, 2.45) is 5.92 Å². The lowest BCUT2D eigenvalue weighted by molar-refractivity contribution is 0.0947. The number of nitrogens with one attached hydrogen (secondary N) is 1. The minimum Gasteiger partial charge on any atom is -0.493 e. The topological polar surface area (TPSA) is 69.0 Å². The molecule has 1 aromatic carbocycles. The zero-order chi connectivity index (χ0) is 21.6. The Kier molecular flexibility index (Phi) is 6.67. The van der Waals surface area contributed by atoms with Crippen LogP contribution < -0.4 is 10.1 Å². The molecule has 1 aliphatic carbocycles. The SMILES string of the molecule is C[C@@H](/C=C/c1cnn(Cc2ccc(OCC3CC3)cc2Cl)c1)NC(=O)c1ccncc1. The minimum atomic E-state index is -0.130. The highest BCUT2D eigenvalue weighted by atomic mass is 35.5. The van der Waals surface area contributed by atoms with E-state index in [1.165, 1.54) is 12.8 Å². The number of nitrogens with zero attached hydrogens (tertiary/aromatic N) is 3. The van der Waals surface area contributed by atoms with E-state index in [1.54, 1.807) is 30.7 Å². The normalized spacial score (nSPS) is 14.5. The number of carbonyl (C=O) groups is 1. The molecule has 1 atom stereocenters. The van der Waals surface area contributed by atoms with Crippen molar-refractivity contribution in [3.8, 4) is 5.75 Å². The Morgan fingerprint density at radius 2 is 2.13 bits per heavy atom. The van der Waals surface area contributed by atoms with Crippen LogP contribution in [0.5, 0.6) is 5.75 Å². The van der Waals surface area contributed by atoms with Gasteiger partial charge in [-0.15, -0.1) is 0 Å². The number of amides is 1. The Balaban J connectivity index is 1.31. The van der Waals surface area contributed by atoms with E-state index in [1.807, 2.05) is 48.2 Å². The lowest BCUT2D eigenvalue weighted by atomic mass is 10.2. The number of pyridine rings is 1. The summed E-state index contributed by atoms with van der Waals surface area (Å²) >= 11 is 6.44. The zero-order valence-corrected chi connectivity index (χ0v) is 18.1. The molecule has 0 unspecified atom stereocenters. The molecule has 2 heterocycles. The highest BCUT2D eigenvalue weighted by Gasteiger charge is 2.22. The van der Waals surface area contributed by atoms with E-state index in [0.717, 1.165) is 23.5 Å². The molecule has 7 heteroatoms. The number of benzene rings is 1. The zero-order valence-electron chi connectivity index (χ0n) is 17.4. The first kappa shape index (κ1) is 21.1. The van der Waals surface area contributed by atoms with Crippen LogP contribution in [0.1, 0.15) is 41.3 Å². The van der Waals surface area contributed by atoms with Crippen molar-refractivity contribution in [2.45, 2.75) is 32.4 Å². The van der Waals surface area contributed by atoms with Crippen molar-refractivity contribution in [2.75, 3.05) is 6.61 Å². The van der Waals surface area contributed by atoms with Crippen LogP contribution in [0.15, 0.2) is 61.2 Å². The molecule has 1 fully saturated rings. The molecule has 160 valence electrons. The molecule has 2 aromatic heterocycles. The standard InChI is InChI=1S/C24H25ClN4O2/c1-17(28-24(30)20-8-10-26-11-9-20)2-3-19-13-27-29(14-19)15-21-6-7-22(12-23(21)25)31-16-18-4-5-18/h2-3,6-14,17-18H,4-5,15-16H2,1H3,(H,28,30)/b3-2+/t17-/m0/s1.